The van der Waals surface area contributed by atoms with Crippen molar-refractivity contribution in [1.82, 2.24) is 0 Å². The maximum atomic E-state index is 10.7. The summed E-state index contributed by atoms with van der Waals surface area (Å²) < 4.78 is 0. The molecule has 0 aromatic carbocycles. The molecule has 0 aromatic heterocycles. The van der Waals surface area contributed by atoms with E-state index in [0.29, 0.717) is 5.78 Å². The Hall–Kier alpha value is -0.590. The van der Waals surface area contributed by atoms with Crippen molar-refractivity contribution >= 4 is 5.78 Å². The van der Waals surface area contributed by atoms with Crippen LogP contribution in [0, 0.1) is 5.92 Å². The van der Waals surface area contributed by atoms with Gasteiger partial charge in [0.15, 0.2) is 0 Å². The molecule has 1 heteroatoms. The summed E-state index contributed by atoms with van der Waals surface area (Å²) in [5.74, 6) is 1.08. The van der Waals surface area contributed by atoms with Crippen LogP contribution in [0.2, 0.25) is 0 Å². The number of ketones is 1. The second kappa shape index (κ2) is 7.78. The van der Waals surface area contributed by atoms with E-state index in [2.05, 4.69) is 26.8 Å². The molecule has 0 aliphatic heterocycles. The fourth-order valence-corrected chi connectivity index (χ4v) is 1.50. The standard InChI is InChI=1S/C13H24O/c1-11(2)7-5-8-12(3)9-6-10-13(4)14/h7,12H,5-6,8-10H2,1-4H3/t12-/m0/s1. The zero-order chi connectivity index (χ0) is 11.0. The quantitative estimate of drug-likeness (QED) is 0.560. The highest BCUT2D eigenvalue weighted by Crippen LogP contribution is 2.14. The van der Waals surface area contributed by atoms with Crippen molar-refractivity contribution in [2.75, 3.05) is 0 Å². The van der Waals surface area contributed by atoms with Gasteiger partial charge in [0.05, 0.1) is 0 Å². The molecule has 0 heterocycles. The van der Waals surface area contributed by atoms with E-state index in [9.17, 15) is 4.79 Å². The molecule has 0 fully saturated rings. The topological polar surface area (TPSA) is 17.1 Å². The maximum Gasteiger partial charge on any atom is 0.129 e. The average molecular weight is 196 g/mol. The first kappa shape index (κ1) is 13.4. The first-order chi connectivity index (χ1) is 6.52. The Labute approximate surface area is 88.6 Å². The third-order valence-corrected chi connectivity index (χ3v) is 2.44. The molecule has 0 aromatic rings. The fourth-order valence-electron chi connectivity index (χ4n) is 1.50. The smallest absolute Gasteiger partial charge is 0.129 e. The van der Waals surface area contributed by atoms with Gasteiger partial charge >= 0.3 is 0 Å². The van der Waals surface area contributed by atoms with Crippen molar-refractivity contribution in [2.24, 2.45) is 5.92 Å². The number of carbonyl (C=O) groups excluding carboxylic acids is 1. The summed E-state index contributed by atoms with van der Waals surface area (Å²) in [4.78, 5) is 10.7. The fraction of sp³-hybridized carbons (Fsp3) is 0.769. The molecule has 0 radical (unpaired) electrons. The normalized spacial score (nSPS) is 12.3. The lowest BCUT2D eigenvalue weighted by molar-refractivity contribution is -0.117. The molecule has 0 spiro atoms. The second-order valence-corrected chi connectivity index (χ2v) is 4.56. The lowest BCUT2D eigenvalue weighted by atomic mass is 9.98. The lowest BCUT2D eigenvalue weighted by Crippen LogP contribution is -1.97. The highest BCUT2D eigenvalue weighted by molar-refractivity contribution is 5.75. The lowest BCUT2D eigenvalue weighted by Gasteiger charge is -2.08. The summed E-state index contributed by atoms with van der Waals surface area (Å²) in [6, 6.07) is 0. The number of rotatable bonds is 7. The van der Waals surface area contributed by atoms with Crippen molar-refractivity contribution in [2.45, 2.75) is 59.8 Å². The predicted molar refractivity (Wildman–Crippen MR) is 62.4 cm³/mol. The molecule has 0 saturated carbocycles. The van der Waals surface area contributed by atoms with Crippen LogP contribution in [0.15, 0.2) is 11.6 Å². The van der Waals surface area contributed by atoms with Gasteiger partial charge in [0.2, 0.25) is 0 Å². The monoisotopic (exact) mass is 196 g/mol. The number of allylic oxidation sites excluding steroid dienone is 2. The first-order valence-corrected chi connectivity index (χ1v) is 5.65. The minimum absolute atomic E-state index is 0.321. The Kier molecular flexibility index (Phi) is 7.45. The first-order valence-electron chi connectivity index (χ1n) is 5.65. The van der Waals surface area contributed by atoms with Gasteiger partial charge < -0.3 is 4.79 Å². The molecule has 14 heavy (non-hydrogen) atoms. The predicted octanol–water partition coefficient (Wildman–Crippen LogP) is 4.13. The molecule has 0 bridgehead atoms. The summed E-state index contributed by atoms with van der Waals surface area (Å²) in [6.45, 7) is 8.23. The van der Waals surface area contributed by atoms with E-state index in [-0.39, 0.29) is 0 Å². The Morgan fingerprint density at radius 3 is 2.36 bits per heavy atom. The van der Waals surface area contributed by atoms with Crippen LogP contribution in [0.4, 0.5) is 0 Å². The van der Waals surface area contributed by atoms with Gasteiger partial charge in [-0.2, -0.15) is 0 Å². The van der Waals surface area contributed by atoms with E-state index >= 15 is 0 Å². The summed E-state index contributed by atoms with van der Waals surface area (Å²) in [5, 5.41) is 0. The Morgan fingerprint density at radius 2 is 1.86 bits per heavy atom. The molecule has 0 amide bonds. The molecular weight excluding hydrogens is 172 g/mol. The van der Waals surface area contributed by atoms with Gasteiger partial charge in [-0.05, 0) is 46.0 Å². The molecule has 0 unspecified atom stereocenters. The van der Waals surface area contributed by atoms with Crippen LogP contribution >= 0.6 is 0 Å². The van der Waals surface area contributed by atoms with Crippen LogP contribution in [0.3, 0.4) is 0 Å². The van der Waals surface area contributed by atoms with Gasteiger partial charge in [-0.25, -0.2) is 0 Å². The zero-order valence-electron chi connectivity index (χ0n) is 10.1. The Bertz CT molecular complexity index is 187. The van der Waals surface area contributed by atoms with Gasteiger partial charge in [0, 0.05) is 6.42 Å². The van der Waals surface area contributed by atoms with E-state index in [1.807, 2.05) is 0 Å². The highest BCUT2D eigenvalue weighted by atomic mass is 16.1. The summed E-state index contributed by atoms with van der Waals surface area (Å²) in [5.41, 5.74) is 1.40. The molecule has 0 N–H and O–H groups in total. The average Bonchev–Trinajstić information content (AvgIpc) is 2.02. The number of Topliss-reactive ketones (excluding diaryl/α,β-unsaturated/α-hetero) is 1. The van der Waals surface area contributed by atoms with Crippen molar-refractivity contribution in [3.8, 4) is 0 Å². The van der Waals surface area contributed by atoms with Crippen LogP contribution in [0.1, 0.15) is 59.8 Å². The van der Waals surface area contributed by atoms with Crippen molar-refractivity contribution in [3.05, 3.63) is 11.6 Å². The highest BCUT2D eigenvalue weighted by Gasteiger charge is 2.01. The maximum absolute atomic E-state index is 10.7. The summed E-state index contributed by atoms with van der Waals surface area (Å²) >= 11 is 0. The van der Waals surface area contributed by atoms with Gasteiger partial charge in [-0.15, -0.1) is 0 Å². The van der Waals surface area contributed by atoms with Crippen LogP contribution in [0.25, 0.3) is 0 Å². The summed E-state index contributed by atoms with van der Waals surface area (Å²) in [6.07, 6.45) is 7.74. The number of hydrogen-bond donors (Lipinski definition) is 0. The van der Waals surface area contributed by atoms with Gasteiger partial charge in [-0.3, -0.25) is 0 Å². The molecule has 1 atom stereocenters. The van der Waals surface area contributed by atoms with Crippen molar-refractivity contribution < 1.29 is 4.79 Å². The molecule has 0 rings (SSSR count). The second-order valence-electron chi connectivity index (χ2n) is 4.56. The zero-order valence-corrected chi connectivity index (χ0v) is 10.1. The molecule has 0 aliphatic carbocycles. The van der Waals surface area contributed by atoms with E-state index < -0.39 is 0 Å². The third kappa shape index (κ3) is 9.50. The SMILES string of the molecule is CC(=O)CCC[C@@H](C)CCC=C(C)C. The van der Waals surface area contributed by atoms with Gasteiger partial charge in [-0.1, -0.05) is 25.0 Å². The van der Waals surface area contributed by atoms with E-state index in [1.54, 1.807) is 6.92 Å². The van der Waals surface area contributed by atoms with Crippen molar-refractivity contribution in [3.63, 3.8) is 0 Å². The van der Waals surface area contributed by atoms with Crippen LogP contribution in [-0.4, -0.2) is 5.78 Å². The van der Waals surface area contributed by atoms with Crippen LogP contribution in [0.5, 0.6) is 0 Å². The van der Waals surface area contributed by atoms with Gasteiger partial charge in [0.1, 0.15) is 5.78 Å². The third-order valence-electron chi connectivity index (χ3n) is 2.44. The van der Waals surface area contributed by atoms with E-state index in [0.717, 1.165) is 18.8 Å². The van der Waals surface area contributed by atoms with Crippen LogP contribution in [-0.2, 0) is 4.79 Å². The van der Waals surface area contributed by atoms with Crippen molar-refractivity contribution in [1.29, 1.82) is 0 Å². The Morgan fingerprint density at radius 1 is 1.21 bits per heavy atom. The van der Waals surface area contributed by atoms with E-state index in [1.165, 1.54) is 24.8 Å². The summed E-state index contributed by atoms with van der Waals surface area (Å²) in [7, 11) is 0. The van der Waals surface area contributed by atoms with Crippen LogP contribution < -0.4 is 0 Å². The minimum atomic E-state index is 0.321. The molecule has 0 aliphatic rings. The minimum Gasteiger partial charge on any atom is -0.300 e. The number of carbonyl (C=O) groups is 1. The number of hydrogen-bond acceptors (Lipinski definition) is 1. The molecule has 0 saturated heterocycles. The van der Waals surface area contributed by atoms with E-state index in [4.69, 9.17) is 0 Å². The molecule has 1 nitrogen and oxygen atoms in total. The molecule has 82 valence electrons. The largest absolute Gasteiger partial charge is 0.300 e. The Balaban J connectivity index is 3.41. The molecular formula is C13H24O. The van der Waals surface area contributed by atoms with Gasteiger partial charge in [0.25, 0.3) is 0 Å².